The van der Waals surface area contributed by atoms with Crippen LogP contribution in [0.4, 0.5) is 0 Å². The zero-order chi connectivity index (χ0) is 16.8. The molecule has 0 aliphatic heterocycles. The summed E-state index contributed by atoms with van der Waals surface area (Å²) in [4.78, 5) is 2.16. The highest BCUT2D eigenvalue weighted by Gasteiger charge is 2.31. The molecule has 0 N–H and O–H groups in total. The van der Waals surface area contributed by atoms with Crippen LogP contribution in [-0.4, -0.2) is 38.3 Å². The minimum Gasteiger partial charge on any atom is -0.489 e. The number of hydrogen-bond acceptors (Lipinski definition) is 3. The van der Waals surface area contributed by atoms with Crippen LogP contribution in [0.15, 0.2) is 54.6 Å². The summed E-state index contributed by atoms with van der Waals surface area (Å²) < 4.78 is 11.8. The second kappa shape index (κ2) is 8.32. The number of benzene rings is 2. The van der Waals surface area contributed by atoms with E-state index in [-0.39, 0.29) is 0 Å². The topological polar surface area (TPSA) is 21.7 Å². The molecule has 0 spiro atoms. The van der Waals surface area contributed by atoms with Crippen LogP contribution >= 0.6 is 0 Å². The quantitative estimate of drug-likeness (QED) is 0.730. The molecule has 0 amide bonds. The fraction of sp³-hybridized carbons (Fsp3) is 0.429. The van der Waals surface area contributed by atoms with Crippen molar-refractivity contribution in [2.24, 2.45) is 0 Å². The molecular weight excluding hydrogens is 298 g/mol. The Morgan fingerprint density at radius 1 is 1.00 bits per heavy atom. The predicted octanol–water partition coefficient (Wildman–Crippen LogP) is 4.09. The van der Waals surface area contributed by atoms with E-state index in [0.717, 1.165) is 31.7 Å². The van der Waals surface area contributed by atoms with Gasteiger partial charge in [0.05, 0.1) is 12.7 Å². The van der Waals surface area contributed by atoms with Crippen molar-refractivity contribution in [1.82, 2.24) is 4.90 Å². The molecule has 0 heterocycles. The molecule has 2 aromatic carbocycles. The summed E-state index contributed by atoms with van der Waals surface area (Å²) in [6.45, 7) is 2.43. The standard InChI is InChI=1S/C21H27NO2/c1-22(2)11-12-23-21-14-19(15-21)18-9-6-10-20(13-18)24-16-17-7-4-3-5-8-17/h3-10,13,19,21H,11-12,14-16H2,1-2H3. The largest absolute Gasteiger partial charge is 0.489 e. The van der Waals surface area contributed by atoms with E-state index in [1.54, 1.807) is 0 Å². The molecule has 3 heteroatoms. The summed E-state index contributed by atoms with van der Waals surface area (Å²) in [6, 6.07) is 18.8. The van der Waals surface area contributed by atoms with Crippen LogP contribution in [0.2, 0.25) is 0 Å². The maximum absolute atomic E-state index is 5.93. The highest BCUT2D eigenvalue weighted by atomic mass is 16.5. The Balaban J connectivity index is 1.46. The molecule has 128 valence electrons. The van der Waals surface area contributed by atoms with E-state index in [1.165, 1.54) is 11.1 Å². The lowest BCUT2D eigenvalue weighted by atomic mass is 9.77. The first-order valence-electron chi connectivity index (χ1n) is 8.74. The van der Waals surface area contributed by atoms with Crippen molar-refractivity contribution >= 4 is 0 Å². The van der Waals surface area contributed by atoms with Crippen molar-refractivity contribution < 1.29 is 9.47 Å². The second-order valence-electron chi connectivity index (χ2n) is 6.81. The molecule has 2 aromatic rings. The Morgan fingerprint density at radius 3 is 2.54 bits per heavy atom. The zero-order valence-electron chi connectivity index (χ0n) is 14.7. The van der Waals surface area contributed by atoms with Gasteiger partial charge in [-0.25, -0.2) is 0 Å². The Hall–Kier alpha value is -1.84. The van der Waals surface area contributed by atoms with Crippen molar-refractivity contribution in [1.29, 1.82) is 0 Å². The number of likely N-dealkylation sites (N-methyl/N-ethyl adjacent to an activating group) is 1. The van der Waals surface area contributed by atoms with Gasteiger partial charge in [0.25, 0.3) is 0 Å². The van der Waals surface area contributed by atoms with Gasteiger partial charge in [0.15, 0.2) is 0 Å². The van der Waals surface area contributed by atoms with Gasteiger partial charge in [0.2, 0.25) is 0 Å². The fourth-order valence-electron chi connectivity index (χ4n) is 2.98. The maximum Gasteiger partial charge on any atom is 0.120 e. The molecule has 0 atom stereocenters. The molecule has 1 fully saturated rings. The first-order chi connectivity index (χ1) is 11.7. The van der Waals surface area contributed by atoms with E-state index >= 15 is 0 Å². The molecule has 1 aliphatic rings. The minimum atomic E-state index is 0.420. The third kappa shape index (κ3) is 4.83. The maximum atomic E-state index is 5.93. The summed E-state index contributed by atoms with van der Waals surface area (Å²) in [5.74, 6) is 1.56. The van der Waals surface area contributed by atoms with Crippen molar-refractivity contribution in [3.63, 3.8) is 0 Å². The molecule has 0 unspecified atom stereocenters. The van der Waals surface area contributed by atoms with E-state index in [2.05, 4.69) is 49.3 Å². The highest BCUT2D eigenvalue weighted by molar-refractivity contribution is 5.32. The number of hydrogen-bond donors (Lipinski definition) is 0. The summed E-state index contributed by atoms with van der Waals surface area (Å²) in [6.07, 6.45) is 2.66. The van der Waals surface area contributed by atoms with Crippen molar-refractivity contribution in [3.8, 4) is 5.75 Å². The summed E-state index contributed by atoms with van der Waals surface area (Å²) in [5, 5.41) is 0. The molecular formula is C21H27NO2. The minimum absolute atomic E-state index is 0.420. The first kappa shape index (κ1) is 17.0. The lowest BCUT2D eigenvalue weighted by Crippen LogP contribution is -2.32. The predicted molar refractivity (Wildman–Crippen MR) is 97.5 cm³/mol. The van der Waals surface area contributed by atoms with Gasteiger partial charge in [0, 0.05) is 6.54 Å². The average molecular weight is 325 g/mol. The van der Waals surface area contributed by atoms with E-state index in [1.807, 2.05) is 24.3 Å². The van der Waals surface area contributed by atoms with Crippen LogP contribution in [0.1, 0.15) is 29.9 Å². The molecule has 3 nitrogen and oxygen atoms in total. The third-order valence-corrected chi connectivity index (χ3v) is 4.56. The Morgan fingerprint density at radius 2 is 1.79 bits per heavy atom. The smallest absolute Gasteiger partial charge is 0.120 e. The van der Waals surface area contributed by atoms with Crippen LogP contribution in [-0.2, 0) is 11.3 Å². The number of ether oxygens (including phenoxy) is 2. The fourth-order valence-corrected chi connectivity index (χ4v) is 2.98. The molecule has 1 saturated carbocycles. The third-order valence-electron chi connectivity index (χ3n) is 4.56. The van der Waals surface area contributed by atoms with Gasteiger partial charge in [-0.2, -0.15) is 0 Å². The zero-order valence-corrected chi connectivity index (χ0v) is 14.7. The van der Waals surface area contributed by atoms with Gasteiger partial charge in [-0.3, -0.25) is 0 Å². The molecule has 1 aliphatic carbocycles. The summed E-state index contributed by atoms with van der Waals surface area (Å²) in [5.41, 5.74) is 2.56. The Labute approximate surface area is 145 Å². The first-order valence-corrected chi connectivity index (χ1v) is 8.74. The Kier molecular flexibility index (Phi) is 5.89. The van der Waals surface area contributed by atoms with Crippen LogP contribution in [0.25, 0.3) is 0 Å². The van der Waals surface area contributed by atoms with E-state index in [4.69, 9.17) is 9.47 Å². The molecule has 0 bridgehead atoms. The van der Waals surface area contributed by atoms with Crippen LogP contribution < -0.4 is 4.74 Å². The number of nitrogens with zero attached hydrogens (tertiary/aromatic N) is 1. The molecule has 3 rings (SSSR count). The molecule has 0 aromatic heterocycles. The second-order valence-corrected chi connectivity index (χ2v) is 6.81. The van der Waals surface area contributed by atoms with Crippen molar-refractivity contribution in [2.75, 3.05) is 27.2 Å². The molecule has 0 radical (unpaired) electrons. The van der Waals surface area contributed by atoms with Crippen LogP contribution in [0.5, 0.6) is 5.75 Å². The SMILES string of the molecule is CN(C)CCOC1CC(c2cccc(OCc3ccccc3)c2)C1. The van der Waals surface area contributed by atoms with Gasteiger partial charge in [-0.1, -0.05) is 42.5 Å². The lowest BCUT2D eigenvalue weighted by Gasteiger charge is -2.35. The van der Waals surface area contributed by atoms with Crippen molar-refractivity contribution in [3.05, 3.63) is 65.7 Å². The van der Waals surface area contributed by atoms with Gasteiger partial charge >= 0.3 is 0 Å². The molecule has 0 saturated heterocycles. The summed E-state index contributed by atoms with van der Waals surface area (Å²) >= 11 is 0. The van der Waals surface area contributed by atoms with Crippen molar-refractivity contribution in [2.45, 2.75) is 31.5 Å². The van der Waals surface area contributed by atoms with Gasteiger partial charge in [-0.05, 0) is 56.1 Å². The van der Waals surface area contributed by atoms with E-state index < -0.39 is 0 Å². The van der Waals surface area contributed by atoms with Gasteiger partial charge in [0.1, 0.15) is 12.4 Å². The lowest BCUT2D eigenvalue weighted by molar-refractivity contribution is -0.0151. The van der Waals surface area contributed by atoms with Crippen LogP contribution in [0.3, 0.4) is 0 Å². The number of rotatable bonds is 8. The summed E-state index contributed by atoms with van der Waals surface area (Å²) in [7, 11) is 4.15. The Bertz CT molecular complexity index is 621. The molecule has 24 heavy (non-hydrogen) atoms. The van der Waals surface area contributed by atoms with Crippen LogP contribution in [0, 0.1) is 0 Å². The van der Waals surface area contributed by atoms with E-state index in [9.17, 15) is 0 Å². The monoisotopic (exact) mass is 325 g/mol. The normalized spacial score (nSPS) is 20.0. The highest BCUT2D eigenvalue weighted by Crippen LogP contribution is 2.39. The van der Waals surface area contributed by atoms with Gasteiger partial charge in [-0.15, -0.1) is 0 Å². The average Bonchev–Trinajstić information content (AvgIpc) is 2.56. The van der Waals surface area contributed by atoms with E-state index in [0.29, 0.717) is 18.6 Å². The van der Waals surface area contributed by atoms with Gasteiger partial charge < -0.3 is 14.4 Å².